The number of hydrogen-bond donors (Lipinski definition) is 0. The van der Waals surface area contributed by atoms with Gasteiger partial charge in [0.15, 0.2) is 0 Å². The van der Waals surface area contributed by atoms with Crippen molar-refractivity contribution in [1.29, 1.82) is 0 Å². The van der Waals surface area contributed by atoms with Crippen LogP contribution in [0.15, 0.2) is 34.9 Å². The first-order valence-electron chi connectivity index (χ1n) is 8.65. The SMILES string of the molecule is CCc1c(C)c2c3c(cc(Br)n3CCN2C)c1-c1ccc(C)cc1. The standard InChI is InChI=1S/C21H23BrN2/c1-5-16-14(3)20-21-17(12-18(22)24(21)11-10-23(20)4)19(16)15-8-6-13(2)7-9-15/h6-9,12H,5,10-11H2,1-4H3. The first-order valence-corrected chi connectivity index (χ1v) is 9.44. The number of anilines is 1. The summed E-state index contributed by atoms with van der Waals surface area (Å²) in [5.74, 6) is 0. The minimum absolute atomic E-state index is 1.03. The number of halogens is 1. The molecule has 1 aliphatic heterocycles. The molecule has 0 saturated heterocycles. The topological polar surface area (TPSA) is 8.17 Å². The molecule has 2 heterocycles. The Balaban J connectivity index is 2.16. The van der Waals surface area contributed by atoms with Crippen LogP contribution in [0.25, 0.3) is 22.0 Å². The zero-order valence-electron chi connectivity index (χ0n) is 14.8. The van der Waals surface area contributed by atoms with Gasteiger partial charge in [0, 0.05) is 25.5 Å². The Morgan fingerprint density at radius 3 is 2.46 bits per heavy atom. The van der Waals surface area contributed by atoms with Gasteiger partial charge in [-0.3, -0.25) is 0 Å². The van der Waals surface area contributed by atoms with Gasteiger partial charge in [0.25, 0.3) is 0 Å². The molecular formula is C21H23BrN2. The lowest BCUT2D eigenvalue weighted by Crippen LogP contribution is -2.28. The molecule has 0 saturated carbocycles. The minimum Gasteiger partial charge on any atom is -0.371 e. The van der Waals surface area contributed by atoms with Crippen LogP contribution in [0.3, 0.4) is 0 Å². The number of nitrogens with zero attached hydrogens (tertiary/aromatic N) is 2. The molecule has 0 unspecified atom stereocenters. The van der Waals surface area contributed by atoms with Crippen molar-refractivity contribution in [1.82, 2.24) is 4.57 Å². The van der Waals surface area contributed by atoms with E-state index in [1.807, 2.05) is 0 Å². The highest BCUT2D eigenvalue weighted by Crippen LogP contribution is 2.45. The van der Waals surface area contributed by atoms with Crippen LogP contribution >= 0.6 is 15.9 Å². The van der Waals surface area contributed by atoms with E-state index in [9.17, 15) is 0 Å². The lowest BCUT2D eigenvalue weighted by Gasteiger charge is -2.31. The average Bonchev–Trinajstić information content (AvgIpc) is 2.89. The predicted molar refractivity (Wildman–Crippen MR) is 107 cm³/mol. The number of likely N-dealkylation sites (N-methyl/N-ethyl adjacent to an activating group) is 1. The zero-order chi connectivity index (χ0) is 17.0. The van der Waals surface area contributed by atoms with E-state index in [0.29, 0.717) is 0 Å². The maximum absolute atomic E-state index is 3.79. The summed E-state index contributed by atoms with van der Waals surface area (Å²) in [5.41, 5.74) is 9.71. The highest BCUT2D eigenvalue weighted by atomic mass is 79.9. The monoisotopic (exact) mass is 382 g/mol. The molecule has 2 aromatic carbocycles. The normalized spacial score (nSPS) is 13.8. The minimum atomic E-state index is 1.03. The molecule has 3 heteroatoms. The van der Waals surface area contributed by atoms with Crippen LogP contribution in [0, 0.1) is 13.8 Å². The van der Waals surface area contributed by atoms with Crippen LogP contribution < -0.4 is 4.90 Å². The summed E-state index contributed by atoms with van der Waals surface area (Å²) in [7, 11) is 2.22. The molecule has 4 rings (SSSR count). The van der Waals surface area contributed by atoms with E-state index in [4.69, 9.17) is 0 Å². The number of aromatic nitrogens is 1. The summed E-state index contributed by atoms with van der Waals surface area (Å²) in [5, 5.41) is 1.37. The molecule has 0 amide bonds. The quantitative estimate of drug-likeness (QED) is 0.551. The fourth-order valence-electron chi connectivity index (χ4n) is 4.17. The molecule has 0 spiro atoms. The van der Waals surface area contributed by atoms with Crippen molar-refractivity contribution in [3.63, 3.8) is 0 Å². The van der Waals surface area contributed by atoms with Crippen molar-refractivity contribution in [2.75, 3.05) is 18.5 Å². The maximum Gasteiger partial charge on any atom is 0.0858 e. The van der Waals surface area contributed by atoms with Crippen LogP contribution in [0.4, 0.5) is 5.69 Å². The van der Waals surface area contributed by atoms with Crippen LogP contribution in [0.2, 0.25) is 0 Å². The zero-order valence-corrected chi connectivity index (χ0v) is 16.4. The van der Waals surface area contributed by atoms with Crippen LogP contribution in [-0.4, -0.2) is 18.2 Å². The lowest BCUT2D eigenvalue weighted by molar-refractivity contribution is 0.673. The summed E-state index contributed by atoms with van der Waals surface area (Å²) >= 11 is 3.79. The van der Waals surface area contributed by atoms with Gasteiger partial charge >= 0.3 is 0 Å². The third kappa shape index (κ3) is 2.14. The van der Waals surface area contributed by atoms with E-state index in [2.05, 4.69) is 83.5 Å². The molecule has 3 aromatic rings. The third-order valence-corrected chi connectivity index (χ3v) is 6.04. The van der Waals surface area contributed by atoms with Crippen LogP contribution in [0.5, 0.6) is 0 Å². The summed E-state index contributed by atoms with van der Waals surface area (Å²) in [6.07, 6.45) is 1.05. The highest BCUT2D eigenvalue weighted by molar-refractivity contribution is 9.10. The van der Waals surface area contributed by atoms with Crippen molar-refractivity contribution < 1.29 is 0 Å². The molecule has 1 aromatic heterocycles. The fraction of sp³-hybridized carbons (Fsp3) is 0.333. The molecule has 0 aliphatic carbocycles. The van der Waals surface area contributed by atoms with Gasteiger partial charge in [0.2, 0.25) is 0 Å². The van der Waals surface area contributed by atoms with Gasteiger partial charge in [-0.15, -0.1) is 0 Å². The summed E-state index contributed by atoms with van der Waals surface area (Å²) in [4.78, 5) is 2.42. The predicted octanol–water partition coefficient (Wildman–Crippen LogP) is 5.70. The first-order chi connectivity index (χ1) is 11.5. The Kier molecular flexibility index (Phi) is 3.72. The van der Waals surface area contributed by atoms with Crippen molar-refractivity contribution in [2.45, 2.75) is 33.7 Å². The van der Waals surface area contributed by atoms with E-state index < -0.39 is 0 Å². The Morgan fingerprint density at radius 1 is 1.08 bits per heavy atom. The van der Waals surface area contributed by atoms with Crippen molar-refractivity contribution in [3.8, 4) is 11.1 Å². The number of rotatable bonds is 2. The molecule has 0 N–H and O–H groups in total. The molecule has 0 radical (unpaired) electrons. The second-order valence-corrected chi connectivity index (χ2v) is 7.66. The number of hydrogen-bond acceptors (Lipinski definition) is 1. The number of benzene rings is 2. The van der Waals surface area contributed by atoms with Crippen molar-refractivity contribution in [3.05, 3.63) is 51.6 Å². The summed E-state index contributed by atoms with van der Waals surface area (Å²) in [6, 6.07) is 11.3. The van der Waals surface area contributed by atoms with E-state index >= 15 is 0 Å². The second-order valence-electron chi connectivity index (χ2n) is 6.85. The Bertz CT molecular complexity index is 935. The van der Waals surface area contributed by atoms with E-state index in [1.54, 1.807) is 0 Å². The van der Waals surface area contributed by atoms with Gasteiger partial charge in [-0.05, 0) is 64.5 Å². The van der Waals surface area contributed by atoms with Crippen LogP contribution in [0.1, 0.15) is 23.6 Å². The molecule has 2 nitrogen and oxygen atoms in total. The molecule has 1 aliphatic rings. The Morgan fingerprint density at radius 2 is 1.79 bits per heavy atom. The molecule has 0 fully saturated rings. The average molecular weight is 383 g/mol. The van der Waals surface area contributed by atoms with Gasteiger partial charge in [-0.2, -0.15) is 0 Å². The van der Waals surface area contributed by atoms with Gasteiger partial charge in [-0.1, -0.05) is 36.8 Å². The van der Waals surface area contributed by atoms with Crippen molar-refractivity contribution >= 4 is 32.5 Å². The van der Waals surface area contributed by atoms with Gasteiger partial charge in [0.05, 0.1) is 15.8 Å². The van der Waals surface area contributed by atoms with E-state index in [0.717, 1.165) is 19.5 Å². The summed E-state index contributed by atoms with van der Waals surface area (Å²) < 4.78 is 3.61. The molecule has 124 valence electrons. The smallest absolute Gasteiger partial charge is 0.0858 e. The van der Waals surface area contributed by atoms with Crippen molar-refractivity contribution in [2.24, 2.45) is 0 Å². The Hall–Kier alpha value is -1.74. The molecule has 24 heavy (non-hydrogen) atoms. The first kappa shape index (κ1) is 15.8. The fourth-order valence-corrected chi connectivity index (χ4v) is 4.76. The summed E-state index contributed by atoms with van der Waals surface area (Å²) in [6.45, 7) is 8.80. The van der Waals surface area contributed by atoms with Gasteiger partial charge in [-0.25, -0.2) is 0 Å². The van der Waals surface area contributed by atoms with Crippen LogP contribution in [-0.2, 0) is 13.0 Å². The van der Waals surface area contributed by atoms with Gasteiger partial charge < -0.3 is 9.47 Å². The maximum atomic E-state index is 3.79. The second kappa shape index (κ2) is 5.66. The van der Waals surface area contributed by atoms with Gasteiger partial charge in [0.1, 0.15) is 0 Å². The highest BCUT2D eigenvalue weighted by Gasteiger charge is 2.26. The van der Waals surface area contributed by atoms with E-state index in [1.165, 1.54) is 49.0 Å². The molecule has 0 atom stereocenters. The number of aryl methyl sites for hydroxylation is 1. The lowest BCUT2D eigenvalue weighted by atomic mass is 9.89. The molecular weight excluding hydrogens is 360 g/mol. The Labute approximate surface area is 152 Å². The molecule has 0 bridgehead atoms. The largest absolute Gasteiger partial charge is 0.371 e. The third-order valence-electron chi connectivity index (χ3n) is 5.38. The van der Waals surface area contributed by atoms with E-state index in [-0.39, 0.29) is 0 Å².